The third kappa shape index (κ3) is 3.13. The van der Waals surface area contributed by atoms with Gasteiger partial charge < -0.3 is 19.7 Å². The number of carboxylic acid groups (broad SMARTS) is 2. The SMILES string of the molecule is COc1cc(C(=O)O)cc(Br)c1OC(C)C(=O)O. The Morgan fingerprint density at radius 1 is 1.33 bits per heavy atom. The van der Waals surface area contributed by atoms with E-state index in [2.05, 4.69) is 15.9 Å². The Morgan fingerprint density at radius 3 is 2.39 bits per heavy atom. The molecule has 18 heavy (non-hydrogen) atoms. The summed E-state index contributed by atoms with van der Waals surface area (Å²) >= 11 is 3.12. The molecule has 1 aromatic carbocycles. The van der Waals surface area contributed by atoms with E-state index in [4.69, 9.17) is 19.7 Å². The number of hydrogen-bond acceptors (Lipinski definition) is 4. The van der Waals surface area contributed by atoms with Gasteiger partial charge in [-0.3, -0.25) is 0 Å². The van der Waals surface area contributed by atoms with Crippen molar-refractivity contribution in [3.05, 3.63) is 22.2 Å². The van der Waals surface area contributed by atoms with Gasteiger partial charge in [0, 0.05) is 0 Å². The van der Waals surface area contributed by atoms with E-state index >= 15 is 0 Å². The molecule has 0 aromatic heterocycles. The number of ether oxygens (including phenoxy) is 2. The van der Waals surface area contributed by atoms with E-state index < -0.39 is 18.0 Å². The second kappa shape index (κ2) is 5.72. The molecule has 0 radical (unpaired) electrons. The lowest BCUT2D eigenvalue weighted by Gasteiger charge is -2.15. The van der Waals surface area contributed by atoms with E-state index in [1.807, 2.05) is 0 Å². The number of aromatic carboxylic acids is 1. The van der Waals surface area contributed by atoms with E-state index in [1.165, 1.54) is 26.2 Å². The summed E-state index contributed by atoms with van der Waals surface area (Å²) in [5, 5.41) is 17.6. The average Bonchev–Trinajstić information content (AvgIpc) is 2.30. The van der Waals surface area contributed by atoms with Crippen molar-refractivity contribution in [3.8, 4) is 11.5 Å². The molecule has 1 atom stereocenters. The third-order valence-corrected chi connectivity index (χ3v) is 2.71. The number of halogens is 1. The summed E-state index contributed by atoms with van der Waals surface area (Å²) in [7, 11) is 1.34. The molecule has 0 heterocycles. The minimum atomic E-state index is -1.13. The standard InChI is InChI=1S/C11H11BrO6/c1-5(10(13)14)18-9-7(12)3-6(11(15)16)4-8(9)17-2/h3-5H,1-2H3,(H,13,14)(H,15,16). The molecule has 1 aromatic rings. The number of carbonyl (C=O) groups is 2. The van der Waals surface area contributed by atoms with Gasteiger partial charge in [-0.15, -0.1) is 0 Å². The van der Waals surface area contributed by atoms with Gasteiger partial charge in [0.1, 0.15) is 0 Å². The van der Waals surface area contributed by atoms with E-state index in [1.54, 1.807) is 0 Å². The van der Waals surface area contributed by atoms with Crippen molar-refractivity contribution >= 4 is 27.9 Å². The first-order valence-electron chi connectivity index (χ1n) is 4.87. The predicted molar refractivity (Wildman–Crippen MR) is 65.4 cm³/mol. The summed E-state index contributed by atoms with van der Waals surface area (Å²) < 4.78 is 10.5. The normalized spacial score (nSPS) is 11.7. The van der Waals surface area contributed by atoms with Crippen LogP contribution in [0, 0.1) is 0 Å². The molecule has 1 unspecified atom stereocenters. The highest BCUT2D eigenvalue weighted by molar-refractivity contribution is 9.10. The van der Waals surface area contributed by atoms with Crippen LogP contribution in [0.5, 0.6) is 11.5 Å². The number of aliphatic carboxylic acids is 1. The Hall–Kier alpha value is -1.76. The summed E-state index contributed by atoms with van der Waals surface area (Å²) in [6.45, 7) is 1.36. The van der Waals surface area contributed by atoms with Crippen LogP contribution in [-0.2, 0) is 4.79 Å². The Bertz CT molecular complexity index is 485. The summed E-state index contributed by atoms with van der Waals surface area (Å²) in [4.78, 5) is 21.6. The van der Waals surface area contributed by atoms with Crippen LogP contribution >= 0.6 is 15.9 Å². The molecule has 0 spiro atoms. The third-order valence-electron chi connectivity index (χ3n) is 2.12. The number of hydrogen-bond donors (Lipinski definition) is 2. The summed E-state index contributed by atoms with van der Waals surface area (Å²) in [5.41, 5.74) is 0.00838. The number of benzene rings is 1. The van der Waals surface area contributed by atoms with Crippen LogP contribution in [0.3, 0.4) is 0 Å². The van der Waals surface area contributed by atoms with Gasteiger partial charge in [0.05, 0.1) is 17.1 Å². The van der Waals surface area contributed by atoms with Gasteiger partial charge in [-0.2, -0.15) is 0 Å². The second-order valence-electron chi connectivity index (χ2n) is 3.39. The van der Waals surface area contributed by atoms with Gasteiger partial charge in [0.2, 0.25) is 0 Å². The molecule has 1 rings (SSSR count). The van der Waals surface area contributed by atoms with Crippen molar-refractivity contribution in [3.63, 3.8) is 0 Å². The Kier molecular flexibility index (Phi) is 4.55. The zero-order valence-electron chi connectivity index (χ0n) is 9.64. The Morgan fingerprint density at radius 2 is 1.94 bits per heavy atom. The Balaban J connectivity index is 3.19. The van der Waals surface area contributed by atoms with Crippen LogP contribution in [-0.4, -0.2) is 35.4 Å². The molecule has 7 heteroatoms. The number of carboxylic acids is 2. The van der Waals surface area contributed by atoms with Crippen molar-refractivity contribution in [2.45, 2.75) is 13.0 Å². The minimum Gasteiger partial charge on any atom is -0.493 e. The van der Waals surface area contributed by atoms with Gasteiger partial charge in [0.15, 0.2) is 17.6 Å². The molecule has 6 nitrogen and oxygen atoms in total. The van der Waals surface area contributed by atoms with Crippen molar-refractivity contribution in [2.24, 2.45) is 0 Å². The highest BCUT2D eigenvalue weighted by Crippen LogP contribution is 2.37. The first kappa shape index (κ1) is 14.3. The van der Waals surface area contributed by atoms with Crippen LogP contribution in [0.1, 0.15) is 17.3 Å². The summed E-state index contributed by atoms with van der Waals surface area (Å²) in [6.07, 6.45) is -1.08. The number of methoxy groups -OCH3 is 1. The maximum atomic E-state index is 10.9. The zero-order valence-corrected chi connectivity index (χ0v) is 11.2. The highest BCUT2D eigenvalue weighted by Gasteiger charge is 2.20. The molecule has 0 aliphatic heterocycles. The Labute approximate surface area is 111 Å². The summed E-state index contributed by atoms with van der Waals surface area (Å²) in [6, 6.07) is 2.58. The lowest BCUT2D eigenvalue weighted by atomic mass is 10.2. The van der Waals surface area contributed by atoms with Gasteiger partial charge in [-0.25, -0.2) is 9.59 Å². The molecular formula is C11H11BrO6. The van der Waals surface area contributed by atoms with Crippen LogP contribution < -0.4 is 9.47 Å². The fourth-order valence-electron chi connectivity index (χ4n) is 1.18. The molecule has 0 saturated heterocycles. The molecular weight excluding hydrogens is 308 g/mol. The minimum absolute atomic E-state index is 0.00838. The monoisotopic (exact) mass is 318 g/mol. The van der Waals surface area contributed by atoms with Crippen LogP contribution in [0.25, 0.3) is 0 Å². The lowest BCUT2D eigenvalue weighted by Crippen LogP contribution is -2.23. The maximum absolute atomic E-state index is 10.9. The molecule has 0 saturated carbocycles. The van der Waals surface area contributed by atoms with Crippen molar-refractivity contribution in [2.75, 3.05) is 7.11 Å². The van der Waals surface area contributed by atoms with Crippen molar-refractivity contribution in [1.29, 1.82) is 0 Å². The quantitative estimate of drug-likeness (QED) is 0.862. The fourth-order valence-corrected chi connectivity index (χ4v) is 1.72. The molecule has 0 bridgehead atoms. The molecule has 2 N–H and O–H groups in total. The zero-order chi connectivity index (χ0) is 13.9. The van der Waals surface area contributed by atoms with Gasteiger partial charge in [-0.1, -0.05) is 0 Å². The molecule has 0 aliphatic carbocycles. The van der Waals surface area contributed by atoms with E-state index in [-0.39, 0.29) is 17.1 Å². The summed E-state index contributed by atoms with van der Waals surface area (Å²) in [5.74, 6) is -1.95. The van der Waals surface area contributed by atoms with E-state index in [9.17, 15) is 9.59 Å². The smallest absolute Gasteiger partial charge is 0.344 e. The molecule has 0 aliphatic rings. The first-order valence-corrected chi connectivity index (χ1v) is 5.66. The van der Waals surface area contributed by atoms with Gasteiger partial charge in [0.25, 0.3) is 0 Å². The van der Waals surface area contributed by atoms with E-state index in [0.717, 1.165) is 0 Å². The van der Waals surface area contributed by atoms with Gasteiger partial charge in [-0.05, 0) is 35.0 Å². The topological polar surface area (TPSA) is 93.1 Å². The second-order valence-corrected chi connectivity index (χ2v) is 4.25. The average molecular weight is 319 g/mol. The first-order chi connectivity index (χ1) is 8.36. The molecule has 98 valence electrons. The predicted octanol–water partition coefficient (Wildman–Crippen LogP) is 2.01. The molecule has 0 amide bonds. The van der Waals surface area contributed by atoms with E-state index in [0.29, 0.717) is 4.47 Å². The lowest BCUT2D eigenvalue weighted by molar-refractivity contribution is -0.144. The fraction of sp³-hybridized carbons (Fsp3) is 0.273. The van der Waals surface area contributed by atoms with Gasteiger partial charge >= 0.3 is 11.9 Å². The maximum Gasteiger partial charge on any atom is 0.344 e. The molecule has 0 fully saturated rings. The highest BCUT2D eigenvalue weighted by atomic mass is 79.9. The largest absolute Gasteiger partial charge is 0.493 e. The number of rotatable bonds is 5. The van der Waals surface area contributed by atoms with Crippen LogP contribution in [0.4, 0.5) is 0 Å². The van der Waals surface area contributed by atoms with Crippen molar-refractivity contribution in [1.82, 2.24) is 0 Å². The van der Waals surface area contributed by atoms with Crippen molar-refractivity contribution < 1.29 is 29.3 Å². The van der Waals surface area contributed by atoms with Crippen LogP contribution in [0.15, 0.2) is 16.6 Å². The van der Waals surface area contributed by atoms with Crippen LogP contribution in [0.2, 0.25) is 0 Å².